The molecule has 0 aliphatic heterocycles. The van der Waals surface area contributed by atoms with Crippen molar-refractivity contribution in [2.75, 3.05) is 13.7 Å². The van der Waals surface area contributed by atoms with Gasteiger partial charge in [0.2, 0.25) is 5.91 Å². The van der Waals surface area contributed by atoms with Crippen LogP contribution >= 0.6 is 0 Å². The van der Waals surface area contributed by atoms with Crippen molar-refractivity contribution < 1.29 is 9.53 Å². The highest BCUT2D eigenvalue weighted by Crippen LogP contribution is 1.84. The summed E-state index contributed by atoms with van der Waals surface area (Å²) in [5.74, 6) is -0.0556. The smallest absolute Gasteiger partial charge is 0.248 e. The van der Waals surface area contributed by atoms with Crippen molar-refractivity contribution in [3.05, 3.63) is 0 Å². The zero-order valence-electron chi connectivity index (χ0n) is 6.10. The molecule has 1 amide bonds. The summed E-state index contributed by atoms with van der Waals surface area (Å²) >= 11 is 0. The fourth-order valence-electron chi connectivity index (χ4n) is 0.425. The van der Waals surface area contributed by atoms with Gasteiger partial charge < -0.3 is 10.1 Å². The van der Waals surface area contributed by atoms with Crippen LogP contribution in [0.5, 0.6) is 0 Å². The lowest BCUT2D eigenvalue weighted by molar-refractivity contribution is -0.129. The molecule has 9 heavy (non-hydrogen) atoms. The molecule has 1 N–H and O–H groups in total. The third-order valence-electron chi connectivity index (χ3n) is 1.07. The Bertz CT molecular complexity index is 93.1. The third kappa shape index (κ3) is 3.08. The quantitative estimate of drug-likeness (QED) is 0.592. The van der Waals surface area contributed by atoms with Crippen molar-refractivity contribution in [2.24, 2.45) is 0 Å². The van der Waals surface area contributed by atoms with Crippen LogP contribution < -0.4 is 5.32 Å². The largest absolute Gasteiger partial charge is 0.372 e. The zero-order chi connectivity index (χ0) is 7.28. The molecule has 0 aliphatic carbocycles. The topological polar surface area (TPSA) is 38.3 Å². The van der Waals surface area contributed by atoms with Crippen LogP contribution in [0.2, 0.25) is 0 Å². The number of rotatable bonds is 3. The Kier molecular flexibility index (Phi) is 4.05. The fourth-order valence-corrected chi connectivity index (χ4v) is 0.425. The number of ether oxygens (including phenoxy) is 1. The van der Waals surface area contributed by atoms with Crippen LogP contribution in [0.4, 0.5) is 0 Å². The number of hydrogen-bond acceptors (Lipinski definition) is 2. The van der Waals surface area contributed by atoms with Crippen LogP contribution in [0.15, 0.2) is 0 Å². The Morgan fingerprint density at radius 3 is 2.67 bits per heavy atom. The molecular weight excluding hydrogens is 118 g/mol. The molecule has 3 heteroatoms. The van der Waals surface area contributed by atoms with Crippen LogP contribution in [0, 0.1) is 0 Å². The molecule has 54 valence electrons. The molecule has 0 aromatic carbocycles. The normalized spacial score (nSPS) is 12.8. The second kappa shape index (κ2) is 4.32. The van der Waals surface area contributed by atoms with Gasteiger partial charge in [0.05, 0.1) is 0 Å². The van der Waals surface area contributed by atoms with Crippen molar-refractivity contribution in [1.82, 2.24) is 5.32 Å². The average molecular weight is 131 g/mol. The minimum absolute atomic E-state index is 0.0556. The molecule has 0 radical (unpaired) electrons. The first-order valence-electron chi connectivity index (χ1n) is 3.02. The predicted molar refractivity (Wildman–Crippen MR) is 35.2 cm³/mol. The van der Waals surface area contributed by atoms with Crippen molar-refractivity contribution in [3.63, 3.8) is 0 Å². The molecule has 0 rings (SSSR count). The van der Waals surface area contributed by atoms with Gasteiger partial charge in [-0.3, -0.25) is 4.79 Å². The molecule has 0 saturated heterocycles. The van der Waals surface area contributed by atoms with E-state index in [1.54, 1.807) is 6.92 Å². The lowest BCUT2D eigenvalue weighted by atomic mass is 10.4. The van der Waals surface area contributed by atoms with Gasteiger partial charge in [-0.1, -0.05) is 0 Å². The Balaban J connectivity index is 3.46. The molecule has 0 aromatic rings. The van der Waals surface area contributed by atoms with Gasteiger partial charge in [0.1, 0.15) is 6.10 Å². The van der Waals surface area contributed by atoms with Gasteiger partial charge in [-0.05, 0) is 13.8 Å². The van der Waals surface area contributed by atoms with E-state index in [1.165, 1.54) is 7.11 Å². The summed E-state index contributed by atoms with van der Waals surface area (Å²) in [6, 6.07) is 0. The second-order valence-corrected chi connectivity index (χ2v) is 1.77. The molecule has 0 bridgehead atoms. The molecule has 0 fully saturated rings. The van der Waals surface area contributed by atoms with Crippen LogP contribution in [0.25, 0.3) is 0 Å². The first kappa shape index (κ1) is 8.43. The third-order valence-corrected chi connectivity index (χ3v) is 1.07. The molecule has 0 saturated carbocycles. The van der Waals surface area contributed by atoms with Gasteiger partial charge >= 0.3 is 0 Å². The standard InChI is InChI=1S/C6H13NO2/c1-4-7-6(8)5(2)9-3/h5H,4H2,1-3H3,(H,7,8)/t5-/m0/s1. The van der Waals surface area contributed by atoms with Crippen LogP contribution in [0.3, 0.4) is 0 Å². The number of amides is 1. The summed E-state index contributed by atoms with van der Waals surface area (Å²) < 4.78 is 4.75. The highest BCUT2D eigenvalue weighted by atomic mass is 16.5. The van der Waals surface area contributed by atoms with Gasteiger partial charge in [-0.2, -0.15) is 0 Å². The number of methoxy groups -OCH3 is 1. The highest BCUT2D eigenvalue weighted by molar-refractivity contribution is 5.80. The number of nitrogens with one attached hydrogen (secondary N) is 1. The van der Waals surface area contributed by atoms with E-state index >= 15 is 0 Å². The van der Waals surface area contributed by atoms with Gasteiger partial charge in [-0.25, -0.2) is 0 Å². The number of carbonyl (C=O) groups is 1. The van der Waals surface area contributed by atoms with Gasteiger partial charge in [0.25, 0.3) is 0 Å². The SMILES string of the molecule is CCNC(=O)[C@H](C)OC. The minimum atomic E-state index is -0.329. The summed E-state index contributed by atoms with van der Waals surface area (Å²) in [5, 5.41) is 2.63. The lowest BCUT2D eigenvalue weighted by Gasteiger charge is -2.07. The summed E-state index contributed by atoms with van der Waals surface area (Å²) in [6.45, 7) is 4.25. The highest BCUT2D eigenvalue weighted by Gasteiger charge is 2.08. The fraction of sp³-hybridized carbons (Fsp3) is 0.833. The first-order valence-corrected chi connectivity index (χ1v) is 3.02. The first-order chi connectivity index (χ1) is 4.22. The number of likely N-dealkylation sites (N-methyl/N-ethyl adjacent to an activating group) is 1. The second-order valence-electron chi connectivity index (χ2n) is 1.77. The predicted octanol–water partition coefficient (Wildman–Crippen LogP) is 0.157. The van der Waals surface area contributed by atoms with E-state index in [-0.39, 0.29) is 12.0 Å². The Morgan fingerprint density at radius 2 is 2.33 bits per heavy atom. The molecule has 1 atom stereocenters. The molecule has 0 heterocycles. The van der Waals surface area contributed by atoms with E-state index in [0.29, 0.717) is 6.54 Å². The summed E-state index contributed by atoms with van der Waals surface area (Å²) in [5.41, 5.74) is 0. The maximum atomic E-state index is 10.7. The number of carbonyl (C=O) groups excluding carboxylic acids is 1. The molecule has 0 aliphatic rings. The lowest BCUT2D eigenvalue weighted by Crippen LogP contribution is -2.33. The molecule has 0 aromatic heterocycles. The molecule has 3 nitrogen and oxygen atoms in total. The van der Waals surface area contributed by atoms with Crippen molar-refractivity contribution in [3.8, 4) is 0 Å². The van der Waals surface area contributed by atoms with Crippen molar-refractivity contribution in [2.45, 2.75) is 20.0 Å². The van der Waals surface area contributed by atoms with E-state index in [4.69, 9.17) is 4.74 Å². The van der Waals surface area contributed by atoms with Gasteiger partial charge in [-0.15, -0.1) is 0 Å². The molecule has 0 unspecified atom stereocenters. The zero-order valence-corrected chi connectivity index (χ0v) is 6.10. The van der Waals surface area contributed by atoms with Crippen LogP contribution in [0.1, 0.15) is 13.8 Å². The Labute approximate surface area is 55.4 Å². The summed E-state index contributed by atoms with van der Waals surface area (Å²) in [6.07, 6.45) is -0.329. The van der Waals surface area contributed by atoms with E-state index in [2.05, 4.69) is 5.32 Å². The van der Waals surface area contributed by atoms with Crippen molar-refractivity contribution >= 4 is 5.91 Å². The maximum Gasteiger partial charge on any atom is 0.248 e. The molecule has 0 spiro atoms. The van der Waals surface area contributed by atoms with Crippen molar-refractivity contribution in [1.29, 1.82) is 0 Å². The summed E-state index contributed by atoms with van der Waals surface area (Å²) in [7, 11) is 1.51. The maximum absolute atomic E-state index is 10.7. The van der Waals surface area contributed by atoms with E-state index in [9.17, 15) is 4.79 Å². The Morgan fingerprint density at radius 1 is 1.78 bits per heavy atom. The average Bonchev–Trinajstić information content (AvgIpc) is 1.87. The van der Waals surface area contributed by atoms with E-state index in [0.717, 1.165) is 0 Å². The van der Waals surface area contributed by atoms with Gasteiger partial charge in [0.15, 0.2) is 0 Å². The number of hydrogen-bond donors (Lipinski definition) is 1. The Hall–Kier alpha value is -0.570. The minimum Gasteiger partial charge on any atom is -0.372 e. The van der Waals surface area contributed by atoms with E-state index < -0.39 is 0 Å². The monoisotopic (exact) mass is 131 g/mol. The van der Waals surface area contributed by atoms with Crippen LogP contribution in [-0.2, 0) is 9.53 Å². The van der Waals surface area contributed by atoms with Gasteiger partial charge in [0, 0.05) is 13.7 Å². The van der Waals surface area contributed by atoms with E-state index in [1.807, 2.05) is 6.92 Å². The van der Waals surface area contributed by atoms with Crippen LogP contribution in [-0.4, -0.2) is 25.7 Å². The summed E-state index contributed by atoms with van der Waals surface area (Å²) in [4.78, 5) is 10.7. The molecular formula is C6H13NO2.